The average molecular weight is 393 g/mol. The normalized spacial score (nSPS) is 18.2. The monoisotopic (exact) mass is 392 g/mol. The van der Waals surface area contributed by atoms with Crippen molar-refractivity contribution in [3.63, 3.8) is 0 Å². The van der Waals surface area contributed by atoms with Gasteiger partial charge in [0.05, 0.1) is 6.04 Å². The van der Waals surface area contributed by atoms with Gasteiger partial charge in [0.1, 0.15) is 10.7 Å². The molecular formula is C19H25FN4O2S. The lowest BCUT2D eigenvalue weighted by atomic mass is 9.99. The van der Waals surface area contributed by atoms with E-state index in [2.05, 4.69) is 33.6 Å². The molecule has 8 heteroatoms. The van der Waals surface area contributed by atoms with Gasteiger partial charge >= 0.3 is 0 Å². The first-order chi connectivity index (χ1) is 12.7. The fraction of sp³-hybridized carbons (Fsp3) is 0.474. The Morgan fingerprint density at radius 3 is 2.59 bits per heavy atom. The summed E-state index contributed by atoms with van der Waals surface area (Å²) in [5.41, 5.74) is 1.63. The summed E-state index contributed by atoms with van der Waals surface area (Å²) in [5, 5.41) is 0. The van der Waals surface area contributed by atoms with E-state index in [0.717, 1.165) is 11.9 Å². The van der Waals surface area contributed by atoms with E-state index in [1.54, 1.807) is 12.3 Å². The van der Waals surface area contributed by atoms with Crippen LogP contribution in [0.25, 0.3) is 0 Å². The molecule has 1 aromatic carbocycles. The summed E-state index contributed by atoms with van der Waals surface area (Å²) < 4.78 is 37.6. The molecular weight excluding hydrogens is 367 g/mol. The minimum Gasteiger partial charge on any atom is -0.368 e. The highest BCUT2D eigenvalue weighted by Crippen LogP contribution is 2.28. The molecule has 1 aliphatic heterocycles. The molecule has 2 heterocycles. The molecule has 1 fully saturated rings. The maximum Gasteiger partial charge on any atom is 0.225 e. The Bertz CT molecular complexity index is 933. The number of hydrogen-bond donors (Lipinski definition) is 0. The number of halogens is 1. The largest absolute Gasteiger partial charge is 0.368 e. The van der Waals surface area contributed by atoms with Crippen molar-refractivity contribution in [2.75, 3.05) is 35.7 Å². The van der Waals surface area contributed by atoms with E-state index in [9.17, 15) is 12.8 Å². The van der Waals surface area contributed by atoms with Crippen LogP contribution < -0.4 is 9.80 Å². The first-order valence-electron chi connectivity index (χ1n) is 8.97. The first kappa shape index (κ1) is 19.5. The molecule has 0 saturated carbocycles. The molecule has 0 N–H and O–H groups in total. The van der Waals surface area contributed by atoms with Gasteiger partial charge in [-0.2, -0.15) is 0 Å². The Balaban J connectivity index is 1.89. The number of benzene rings is 1. The van der Waals surface area contributed by atoms with Crippen LogP contribution in [0, 0.1) is 18.7 Å². The predicted molar refractivity (Wildman–Crippen MR) is 104 cm³/mol. The van der Waals surface area contributed by atoms with Gasteiger partial charge in [-0.05, 0) is 37.1 Å². The van der Waals surface area contributed by atoms with Crippen molar-refractivity contribution in [1.29, 1.82) is 0 Å². The number of nitrogens with zero attached hydrogens (tertiary/aromatic N) is 4. The number of rotatable bonds is 4. The third-order valence-electron chi connectivity index (χ3n) is 4.91. The van der Waals surface area contributed by atoms with Gasteiger partial charge in [-0.1, -0.05) is 13.8 Å². The van der Waals surface area contributed by atoms with Crippen LogP contribution >= 0.6 is 0 Å². The number of piperazine rings is 1. The quantitative estimate of drug-likeness (QED) is 0.797. The molecule has 0 bridgehead atoms. The van der Waals surface area contributed by atoms with Crippen molar-refractivity contribution in [1.82, 2.24) is 9.97 Å². The molecule has 1 aliphatic rings. The van der Waals surface area contributed by atoms with Crippen molar-refractivity contribution in [2.45, 2.75) is 31.7 Å². The van der Waals surface area contributed by atoms with E-state index in [1.807, 2.05) is 13.0 Å². The highest BCUT2D eigenvalue weighted by Gasteiger charge is 2.31. The van der Waals surface area contributed by atoms with Crippen LogP contribution in [0.15, 0.2) is 35.4 Å². The lowest BCUT2D eigenvalue weighted by Crippen LogP contribution is -2.56. The van der Waals surface area contributed by atoms with E-state index < -0.39 is 15.7 Å². The highest BCUT2D eigenvalue weighted by molar-refractivity contribution is 7.90. The second-order valence-corrected chi connectivity index (χ2v) is 9.32. The van der Waals surface area contributed by atoms with Crippen LogP contribution in [-0.2, 0) is 9.84 Å². The van der Waals surface area contributed by atoms with Gasteiger partial charge in [-0.15, -0.1) is 0 Å². The van der Waals surface area contributed by atoms with Crippen LogP contribution in [0.3, 0.4) is 0 Å². The summed E-state index contributed by atoms with van der Waals surface area (Å²) >= 11 is 0. The molecule has 0 spiro atoms. The molecule has 146 valence electrons. The molecule has 0 radical (unpaired) electrons. The van der Waals surface area contributed by atoms with Crippen LogP contribution in [-0.4, -0.2) is 50.3 Å². The molecule has 0 amide bonds. The van der Waals surface area contributed by atoms with Crippen LogP contribution in [0.5, 0.6) is 0 Å². The zero-order valence-corrected chi connectivity index (χ0v) is 16.9. The minimum absolute atomic E-state index is 0.160. The zero-order chi connectivity index (χ0) is 19.8. The molecule has 3 rings (SSSR count). The molecule has 1 saturated heterocycles. The lowest BCUT2D eigenvalue weighted by Gasteiger charge is -2.44. The Labute approximate surface area is 160 Å². The molecule has 1 atom stereocenters. The Morgan fingerprint density at radius 1 is 1.22 bits per heavy atom. The number of sulfone groups is 1. The second kappa shape index (κ2) is 7.42. The molecule has 0 aliphatic carbocycles. The van der Waals surface area contributed by atoms with Crippen molar-refractivity contribution >= 4 is 21.5 Å². The van der Waals surface area contributed by atoms with Gasteiger partial charge in [0.25, 0.3) is 0 Å². The number of anilines is 2. The van der Waals surface area contributed by atoms with Gasteiger partial charge in [0.2, 0.25) is 5.95 Å². The summed E-state index contributed by atoms with van der Waals surface area (Å²) in [6, 6.07) is 6.33. The van der Waals surface area contributed by atoms with Gasteiger partial charge < -0.3 is 9.80 Å². The molecule has 0 unspecified atom stereocenters. The molecule has 27 heavy (non-hydrogen) atoms. The van der Waals surface area contributed by atoms with Gasteiger partial charge in [-0.25, -0.2) is 22.8 Å². The smallest absolute Gasteiger partial charge is 0.225 e. The number of hydrogen-bond acceptors (Lipinski definition) is 6. The molecule has 6 nitrogen and oxygen atoms in total. The van der Waals surface area contributed by atoms with Gasteiger partial charge in [0, 0.05) is 43.5 Å². The van der Waals surface area contributed by atoms with Crippen molar-refractivity contribution in [3.8, 4) is 0 Å². The fourth-order valence-corrected chi connectivity index (χ4v) is 4.17. The topological polar surface area (TPSA) is 66.4 Å². The third kappa shape index (κ3) is 4.21. The summed E-state index contributed by atoms with van der Waals surface area (Å²) in [7, 11) is -3.62. The van der Waals surface area contributed by atoms with Crippen LogP contribution in [0.4, 0.5) is 16.0 Å². The number of aromatic nitrogens is 2. The van der Waals surface area contributed by atoms with Crippen molar-refractivity contribution in [3.05, 3.63) is 42.0 Å². The van der Waals surface area contributed by atoms with E-state index in [0.29, 0.717) is 37.2 Å². The Kier molecular flexibility index (Phi) is 5.37. The summed E-state index contributed by atoms with van der Waals surface area (Å²) in [5.74, 6) is 0.337. The maximum atomic E-state index is 13.9. The predicted octanol–water partition coefficient (Wildman–Crippen LogP) is 2.68. The SMILES string of the molecule is Cc1ccnc(N2CCN(c3ccc(F)c(S(C)(=O)=O)c3)C[C@H]2C(C)C)n1. The Morgan fingerprint density at radius 2 is 1.96 bits per heavy atom. The first-order valence-corrected chi connectivity index (χ1v) is 10.9. The standard InChI is InChI=1S/C19H25FN4O2S/c1-13(2)17-12-23(9-10-24(17)19-21-8-7-14(3)22-19)15-5-6-16(20)18(11-15)27(4,25)26/h5-8,11,13,17H,9-10,12H2,1-4H3/t17-/m0/s1. The van der Waals surface area contributed by atoms with E-state index in [1.165, 1.54) is 12.1 Å². The summed E-state index contributed by atoms with van der Waals surface area (Å²) in [6.45, 7) is 8.29. The number of aryl methyl sites for hydroxylation is 1. The van der Waals surface area contributed by atoms with Gasteiger partial charge in [0.15, 0.2) is 9.84 Å². The lowest BCUT2D eigenvalue weighted by molar-refractivity contribution is 0.413. The third-order valence-corrected chi connectivity index (χ3v) is 6.02. The van der Waals surface area contributed by atoms with Crippen LogP contribution in [0.2, 0.25) is 0 Å². The van der Waals surface area contributed by atoms with Crippen molar-refractivity contribution in [2.24, 2.45) is 5.92 Å². The average Bonchev–Trinajstić information content (AvgIpc) is 2.60. The minimum atomic E-state index is -3.62. The van der Waals surface area contributed by atoms with Gasteiger partial charge in [-0.3, -0.25) is 0 Å². The van der Waals surface area contributed by atoms with Crippen molar-refractivity contribution < 1.29 is 12.8 Å². The zero-order valence-electron chi connectivity index (χ0n) is 16.1. The highest BCUT2D eigenvalue weighted by atomic mass is 32.2. The maximum absolute atomic E-state index is 13.9. The van der Waals surface area contributed by atoms with Crippen LogP contribution in [0.1, 0.15) is 19.5 Å². The molecule has 1 aromatic heterocycles. The molecule has 2 aromatic rings. The second-order valence-electron chi connectivity index (χ2n) is 7.34. The summed E-state index contributed by atoms with van der Waals surface area (Å²) in [4.78, 5) is 13.0. The van der Waals surface area contributed by atoms with E-state index >= 15 is 0 Å². The van der Waals surface area contributed by atoms with E-state index in [4.69, 9.17) is 0 Å². The fourth-order valence-electron chi connectivity index (χ4n) is 3.41. The Hall–Kier alpha value is -2.22. The summed E-state index contributed by atoms with van der Waals surface area (Å²) in [6.07, 6.45) is 2.79. The van der Waals surface area contributed by atoms with E-state index in [-0.39, 0.29) is 10.9 Å².